The molecule has 0 atom stereocenters. The Hall–Kier alpha value is -3.66. The lowest BCUT2D eigenvalue weighted by Crippen LogP contribution is -2.23. The largest absolute Gasteiger partial charge is 0.490 e. The molecule has 0 unspecified atom stereocenters. The average molecular weight is 377 g/mol. The van der Waals surface area contributed by atoms with Crippen molar-refractivity contribution in [3.05, 3.63) is 69.6 Å². The van der Waals surface area contributed by atoms with Gasteiger partial charge >= 0.3 is 5.97 Å². The third-order valence-electron chi connectivity index (χ3n) is 4.23. The molecule has 1 aromatic heterocycles. The van der Waals surface area contributed by atoms with Crippen molar-refractivity contribution >= 4 is 17.0 Å². The van der Waals surface area contributed by atoms with Gasteiger partial charge in [-0.2, -0.15) is 5.26 Å². The maximum atomic E-state index is 12.3. The van der Waals surface area contributed by atoms with Gasteiger partial charge in [0.05, 0.1) is 28.2 Å². The molecule has 0 saturated carbocycles. The summed E-state index contributed by atoms with van der Waals surface area (Å²) in [6.07, 6.45) is 0. The van der Waals surface area contributed by atoms with E-state index in [1.54, 1.807) is 54.0 Å². The second kappa shape index (κ2) is 8.35. The van der Waals surface area contributed by atoms with E-state index in [9.17, 15) is 9.59 Å². The van der Waals surface area contributed by atoms with E-state index in [4.69, 9.17) is 14.7 Å². The number of aryl methyl sites for hydroxylation is 2. The molecule has 142 valence electrons. The van der Waals surface area contributed by atoms with Crippen LogP contribution in [-0.2, 0) is 11.3 Å². The molecule has 0 aliphatic rings. The summed E-state index contributed by atoms with van der Waals surface area (Å²) in [5.74, 6) is 0.108. The molecule has 7 nitrogen and oxygen atoms in total. The molecule has 3 aromatic rings. The zero-order valence-corrected chi connectivity index (χ0v) is 15.6. The van der Waals surface area contributed by atoms with Gasteiger partial charge in [0.1, 0.15) is 24.7 Å². The number of carbonyl (C=O) groups is 1. The molecule has 0 amide bonds. The lowest BCUT2D eigenvalue weighted by atomic mass is 10.2. The predicted molar refractivity (Wildman–Crippen MR) is 103 cm³/mol. The molecule has 0 spiro atoms. The van der Waals surface area contributed by atoms with Crippen LogP contribution in [0.3, 0.4) is 0 Å². The third-order valence-corrected chi connectivity index (χ3v) is 4.23. The minimum absolute atomic E-state index is 0.0811. The van der Waals surface area contributed by atoms with Crippen molar-refractivity contribution in [1.29, 1.82) is 5.26 Å². The van der Waals surface area contributed by atoms with Crippen molar-refractivity contribution < 1.29 is 14.3 Å². The van der Waals surface area contributed by atoms with Gasteiger partial charge in [-0.25, -0.2) is 9.78 Å². The fourth-order valence-corrected chi connectivity index (χ4v) is 2.82. The lowest BCUT2D eigenvalue weighted by molar-refractivity contribution is 0.0450. The number of nitriles is 1. The standard InChI is InChI=1S/C21H19N3O4/c1-3-24-19-9-6-16(12-18(19)23-14(2)20(24)25)21(26)28-11-10-27-17-7-4-15(13-22)5-8-17/h4-9,12H,3,10-11H2,1-2H3. The van der Waals surface area contributed by atoms with Gasteiger partial charge in [0.2, 0.25) is 0 Å². The van der Waals surface area contributed by atoms with E-state index >= 15 is 0 Å². The molecular weight excluding hydrogens is 358 g/mol. The number of fused-ring (bicyclic) bond motifs is 1. The Balaban J connectivity index is 1.64. The number of esters is 1. The number of hydrogen-bond donors (Lipinski definition) is 0. The lowest BCUT2D eigenvalue weighted by Gasteiger charge is -2.10. The molecule has 1 heterocycles. The number of benzene rings is 2. The first-order chi connectivity index (χ1) is 13.5. The van der Waals surface area contributed by atoms with Crippen molar-refractivity contribution in [3.63, 3.8) is 0 Å². The van der Waals surface area contributed by atoms with Crippen molar-refractivity contribution in [2.24, 2.45) is 0 Å². The van der Waals surface area contributed by atoms with E-state index in [0.717, 1.165) is 0 Å². The summed E-state index contributed by atoms with van der Waals surface area (Å²) in [6.45, 7) is 4.33. The molecule has 0 radical (unpaired) electrons. The maximum absolute atomic E-state index is 12.3. The number of hydrogen-bond acceptors (Lipinski definition) is 6. The second-order valence-corrected chi connectivity index (χ2v) is 6.07. The quantitative estimate of drug-likeness (QED) is 0.484. The smallest absolute Gasteiger partial charge is 0.338 e. The summed E-state index contributed by atoms with van der Waals surface area (Å²) >= 11 is 0. The monoisotopic (exact) mass is 377 g/mol. The van der Waals surface area contributed by atoms with Gasteiger partial charge in [0.25, 0.3) is 5.56 Å². The molecule has 3 rings (SSSR count). The maximum Gasteiger partial charge on any atom is 0.338 e. The van der Waals surface area contributed by atoms with Gasteiger partial charge in [-0.15, -0.1) is 0 Å². The highest BCUT2D eigenvalue weighted by Gasteiger charge is 2.12. The van der Waals surface area contributed by atoms with Gasteiger partial charge < -0.3 is 14.0 Å². The van der Waals surface area contributed by atoms with Crippen LogP contribution >= 0.6 is 0 Å². The highest BCUT2D eigenvalue weighted by atomic mass is 16.6. The summed E-state index contributed by atoms with van der Waals surface area (Å²) in [5, 5.41) is 8.77. The van der Waals surface area contributed by atoms with Crippen LogP contribution in [0.15, 0.2) is 47.3 Å². The molecule has 0 N–H and O–H groups in total. The Morgan fingerprint density at radius 1 is 1.18 bits per heavy atom. The molecule has 2 aromatic carbocycles. The van der Waals surface area contributed by atoms with Gasteiger partial charge in [-0.3, -0.25) is 4.79 Å². The Morgan fingerprint density at radius 2 is 1.93 bits per heavy atom. The number of aromatic nitrogens is 2. The first kappa shape index (κ1) is 19.1. The van der Waals surface area contributed by atoms with Crippen LogP contribution < -0.4 is 10.3 Å². The van der Waals surface area contributed by atoms with Crippen molar-refractivity contribution in [2.75, 3.05) is 13.2 Å². The van der Waals surface area contributed by atoms with Crippen molar-refractivity contribution in [1.82, 2.24) is 9.55 Å². The number of ether oxygens (including phenoxy) is 2. The Bertz CT molecular complexity index is 1110. The van der Waals surface area contributed by atoms with Crippen LogP contribution in [0.5, 0.6) is 5.75 Å². The Kier molecular flexibility index (Phi) is 5.70. The molecule has 0 saturated heterocycles. The minimum atomic E-state index is -0.487. The molecule has 0 aliphatic carbocycles. The van der Waals surface area contributed by atoms with E-state index in [-0.39, 0.29) is 18.8 Å². The predicted octanol–water partition coefficient (Wildman–Crippen LogP) is 2.83. The third kappa shape index (κ3) is 4.01. The van der Waals surface area contributed by atoms with Crippen LogP contribution in [0.25, 0.3) is 11.0 Å². The van der Waals surface area contributed by atoms with Crippen LogP contribution in [0.1, 0.15) is 28.5 Å². The fraction of sp³-hybridized carbons (Fsp3) is 0.238. The zero-order chi connectivity index (χ0) is 20.1. The summed E-state index contributed by atoms with van der Waals surface area (Å²) < 4.78 is 12.3. The normalized spacial score (nSPS) is 10.5. The summed E-state index contributed by atoms with van der Waals surface area (Å²) in [5.41, 5.74) is 2.41. The number of nitrogens with zero attached hydrogens (tertiary/aromatic N) is 3. The van der Waals surface area contributed by atoms with E-state index in [1.165, 1.54) is 0 Å². The first-order valence-corrected chi connectivity index (χ1v) is 8.84. The minimum Gasteiger partial charge on any atom is -0.490 e. The molecule has 0 bridgehead atoms. The van der Waals surface area contributed by atoms with Gasteiger partial charge in [0.15, 0.2) is 0 Å². The highest BCUT2D eigenvalue weighted by Crippen LogP contribution is 2.15. The zero-order valence-electron chi connectivity index (χ0n) is 15.6. The van der Waals surface area contributed by atoms with Crippen LogP contribution in [0.2, 0.25) is 0 Å². The fourth-order valence-electron chi connectivity index (χ4n) is 2.82. The second-order valence-electron chi connectivity index (χ2n) is 6.07. The summed E-state index contributed by atoms with van der Waals surface area (Å²) in [6, 6.07) is 13.7. The van der Waals surface area contributed by atoms with E-state index in [1.807, 2.05) is 13.0 Å². The van der Waals surface area contributed by atoms with Gasteiger partial charge in [-0.05, 0) is 56.3 Å². The van der Waals surface area contributed by atoms with E-state index in [2.05, 4.69) is 4.98 Å². The molecule has 0 fully saturated rings. The first-order valence-electron chi connectivity index (χ1n) is 8.84. The van der Waals surface area contributed by atoms with Crippen LogP contribution in [0.4, 0.5) is 0 Å². The Labute approximate surface area is 161 Å². The van der Waals surface area contributed by atoms with E-state index < -0.39 is 5.97 Å². The molecule has 28 heavy (non-hydrogen) atoms. The summed E-state index contributed by atoms with van der Waals surface area (Å²) in [4.78, 5) is 28.7. The van der Waals surface area contributed by atoms with Gasteiger partial charge in [0, 0.05) is 6.54 Å². The number of rotatable bonds is 6. The number of carbonyl (C=O) groups excluding carboxylic acids is 1. The van der Waals surface area contributed by atoms with Gasteiger partial charge in [-0.1, -0.05) is 0 Å². The molecular formula is C21H19N3O4. The molecule has 0 aliphatic heterocycles. The summed E-state index contributed by atoms with van der Waals surface area (Å²) in [7, 11) is 0. The van der Waals surface area contributed by atoms with Crippen molar-refractivity contribution in [3.8, 4) is 11.8 Å². The SMILES string of the molecule is CCn1c(=O)c(C)nc2cc(C(=O)OCCOc3ccc(C#N)cc3)ccc21. The average Bonchev–Trinajstić information content (AvgIpc) is 2.72. The topological polar surface area (TPSA) is 94.2 Å². The highest BCUT2D eigenvalue weighted by molar-refractivity contribution is 5.93. The van der Waals surface area contributed by atoms with Crippen LogP contribution in [-0.4, -0.2) is 28.7 Å². The Morgan fingerprint density at radius 3 is 2.61 bits per heavy atom. The van der Waals surface area contributed by atoms with Crippen molar-refractivity contribution in [2.45, 2.75) is 20.4 Å². The van der Waals surface area contributed by atoms with E-state index in [0.29, 0.717) is 40.1 Å². The van der Waals surface area contributed by atoms with Crippen LogP contribution in [0, 0.1) is 18.3 Å². The molecule has 7 heteroatoms.